The van der Waals surface area contributed by atoms with Crippen LogP contribution in [0, 0.1) is 17.2 Å². The van der Waals surface area contributed by atoms with Crippen molar-refractivity contribution in [1.29, 1.82) is 5.26 Å². The van der Waals surface area contributed by atoms with E-state index in [0.29, 0.717) is 31.1 Å². The summed E-state index contributed by atoms with van der Waals surface area (Å²) in [6, 6.07) is 9.67. The average Bonchev–Trinajstić information content (AvgIpc) is 3.55. The lowest BCUT2D eigenvalue weighted by Gasteiger charge is -2.31. The van der Waals surface area contributed by atoms with Crippen molar-refractivity contribution in [2.75, 3.05) is 51.3 Å². The summed E-state index contributed by atoms with van der Waals surface area (Å²) in [5, 5.41) is 12.7. The molecule has 0 aliphatic carbocycles. The molecule has 9 heteroatoms. The number of hydrogen-bond donors (Lipinski definition) is 1. The Bertz CT molecular complexity index is 1080. The van der Waals surface area contributed by atoms with E-state index in [0.717, 1.165) is 55.3 Å². The normalized spacial score (nSPS) is 21.8. The molecular weight excluding hydrogens is 422 g/mol. The number of nitriles is 1. The number of anilines is 2. The number of benzene rings is 1. The third kappa shape index (κ3) is 4.26. The molecule has 0 radical (unpaired) electrons. The first-order valence-corrected chi connectivity index (χ1v) is 11.3. The molecule has 5 rings (SSSR count). The largest absolute Gasteiger partial charge is 0.490 e. The lowest BCUT2D eigenvalue weighted by molar-refractivity contribution is -0.134. The highest BCUT2D eigenvalue weighted by molar-refractivity contribution is 5.79. The summed E-state index contributed by atoms with van der Waals surface area (Å²) in [5.41, 5.74) is 2.03. The van der Waals surface area contributed by atoms with Crippen molar-refractivity contribution >= 4 is 17.3 Å². The highest BCUT2D eigenvalue weighted by Crippen LogP contribution is 2.40. The Labute approximate surface area is 192 Å². The van der Waals surface area contributed by atoms with Gasteiger partial charge in [0.25, 0.3) is 0 Å². The van der Waals surface area contributed by atoms with Crippen LogP contribution in [-0.2, 0) is 4.79 Å². The van der Waals surface area contributed by atoms with E-state index in [2.05, 4.69) is 21.3 Å². The second kappa shape index (κ2) is 9.16. The van der Waals surface area contributed by atoms with Crippen LogP contribution in [0.2, 0.25) is 0 Å². The number of nitrogens with one attached hydrogen (secondary N) is 1. The van der Waals surface area contributed by atoms with Crippen molar-refractivity contribution in [2.45, 2.75) is 18.9 Å². The lowest BCUT2D eigenvalue weighted by Crippen LogP contribution is -2.36. The number of fused-ring (bicyclic) bond motifs is 1. The first-order valence-electron chi connectivity index (χ1n) is 11.3. The van der Waals surface area contributed by atoms with Crippen molar-refractivity contribution in [3.05, 3.63) is 36.0 Å². The molecule has 3 aliphatic heterocycles. The summed E-state index contributed by atoms with van der Waals surface area (Å²) in [6.07, 6.45) is 3.39. The number of rotatable bonds is 5. The van der Waals surface area contributed by atoms with Crippen molar-refractivity contribution in [3.8, 4) is 23.4 Å². The number of amides is 1. The van der Waals surface area contributed by atoms with Gasteiger partial charge in [-0.3, -0.25) is 4.79 Å². The fourth-order valence-electron chi connectivity index (χ4n) is 4.71. The molecule has 3 aliphatic rings. The third-order valence-corrected chi connectivity index (χ3v) is 6.42. The molecular formula is C24H27N5O4. The van der Waals surface area contributed by atoms with Crippen LogP contribution in [0.3, 0.4) is 0 Å². The van der Waals surface area contributed by atoms with E-state index in [1.807, 2.05) is 23.1 Å². The van der Waals surface area contributed by atoms with Crippen LogP contribution in [-0.4, -0.2) is 68.3 Å². The minimum atomic E-state index is -0.0350. The maximum absolute atomic E-state index is 12.7. The topological polar surface area (TPSA) is 100.0 Å². The molecule has 2 saturated heterocycles. The fraction of sp³-hybridized carbons (Fsp3) is 0.458. The predicted molar refractivity (Wildman–Crippen MR) is 121 cm³/mol. The first kappa shape index (κ1) is 21.3. The molecule has 1 amide bonds. The van der Waals surface area contributed by atoms with Crippen LogP contribution in [0.5, 0.6) is 17.4 Å². The highest BCUT2D eigenvalue weighted by atomic mass is 16.5. The maximum Gasteiger partial charge on any atom is 0.231 e. The van der Waals surface area contributed by atoms with Gasteiger partial charge in [0, 0.05) is 25.6 Å². The number of carbonyl (C=O) groups is 1. The summed E-state index contributed by atoms with van der Waals surface area (Å²) in [7, 11) is 1.50. The molecule has 0 bridgehead atoms. The number of carbonyl (C=O) groups excluding carboxylic acids is 1. The number of aromatic nitrogens is 1. The Balaban J connectivity index is 1.32. The second-order valence-electron chi connectivity index (χ2n) is 8.49. The van der Waals surface area contributed by atoms with E-state index in [1.54, 1.807) is 12.3 Å². The van der Waals surface area contributed by atoms with Crippen molar-refractivity contribution in [3.63, 3.8) is 0 Å². The lowest BCUT2D eigenvalue weighted by atomic mass is 10.1. The summed E-state index contributed by atoms with van der Waals surface area (Å²) in [6.45, 7) is 4.18. The van der Waals surface area contributed by atoms with Crippen LogP contribution in [0.25, 0.3) is 0 Å². The van der Waals surface area contributed by atoms with Gasteiger partial charge in [-0.1, -0.05) is 0 Å². The number of ether oxygens (including phenoxy) is 3. The molecule has 0 spiro atoms. The summed E-state index contributed by atoms with van der Waals surface area (Å²) < 4.78 is 17.3. The molecule has 1 aromatic heterocycles. The average molecular weight is 450 g/mol. The zero-order valence-corrected chi connectivity index (χ0v) is 18.6. The van der Waals surface area contributed by atoms with Gasteiger partial charge in [-0.05, 0) is 31.2 Å². The summed E-state index contributed by atoms with van der Waals surface area (Å²) in [4.78, 5) is 21.0. The van der Waals surface area contributed by atoms with E-state index in [1.165, 1.54) is 7.11 Å². The zero-order chi connectivity index (χ0) is 22.8. The van der Waals surface area contributed by atoms with Gasteiger partial charge in [0.1, 0.15) is 35.8 Å². The van der Waals surface area contributed by atoms with Crippen LogP contribution >= 0.6 is 0 Å². The van der Waals surface area contributed by atoms with Gasteiger partial charge in [0.15, 0.2) is 0 Å². The number of likely N-dealkylation sites (tertiary alicyclic amines) is 1. The molecule has 33 heavy (non-hydrogen) atoms. The minimum Gasteiger partial charge on any atom is -0.490 e. The Morgan fingerprint density at radius 2 is 2.21 bits per heavy atom. The van der Waals surface area contributed by atoms with Crippen molar-refractivity contribution in [2.24, 2.45) is 5.92 Å². The standard InChI is InChI=1S/C24H27N5O4/c1-31-23-17(12-25)10-18(14-27-23)29-8-9-32-22-3-2-19(11-21(22)29)33-20-5-7-28(15-20)24(30)16-4-6-26-13-16/h2-3,10-11,14,16,20,26H,4-9,13,15H2,1H3. The van der Waals surface area contributed by atoms with E-state index in [-0.39, 0.29) is 17.9 Å². The number of methoxy groups -OCH3 is 1. The van der Waals surface area contributed by atoms with Crippen LogP contribution < -0.4 is 24.4 Å². The monoisotopic (exact) mass is 449 g/mol. The van der Waals surface area contributed by atoms with Gasteiger partial charge in [-0.25, -0.2) is 4.98 Å². The molecule has 1 N–H and O–H groups in total. The molecule has 0 saturated carbocycles. The van der Waals surface area contributed by atoms with Crippen LogP contribution in [0.15, 0.2) is 30.5 Å². The summed E-state index contributed by atoms with van der Waals surface area (Å²) >= 11 is 0. The number of pyridine rings is 1. The Hall–Kier alpha value is -3.51. The van der Waals surface area contributed by atoms with Gasteiger partial charge in [-0.15, -0.1) is 0 Å². The second-order valence-corrected chi connectivity index (χ2v) is 8.49. The Morgan fingerprint density at radius 1 is 1.30 bits per heavy atom. The number of nitrogens with zero attached hydrogens (tertiary/aromatic N) is 4. The minimum absolute atomic E-state index is 0.0350. The summed E-state index contributed by atoms with van der Waals surface area (Å²) in [5.74, 6) is 2.11. The molecule has 2 aromatic rings. The van der Waals surface area contributed by atoms with Gasteiger partial charge in [0.05, 0.1) is 43.7 Å². The van der Waals surface area contributed by atoms with Crippen molar-refractivity contribution < 1.29 is 19.0 Å². The van der Waals surface area contributed by atoms with E-state index >= 15 is 0 Å². The molecule has 172 valence electrons. The van der Waals surface area contributed by atoms with E-state index in [9.17, 15) is 10.1 Å². The first-order chi connectivity index (χ1) is 16.2. The molecule has 9 nitrogen and oxygen atoms in total. The Kier molecular flexibility index (Phi) is 5.92. The molecule has 2 fully saturated rings. The predicted octanol–water partition coefficient (Wildman–Crippen LogP) is 2.08. The Morgan fingerprint density at radius 3 is 3.00 bits per heavy atom. The van der Waals surface area contributed by atoms with Gasteiger partial charge in [-0.2, -0.15) is 5.26 Å². The van der Waals surface area contributed by atoms with Gasteiger partial charge in [0.2, 0.25) is 11.8 Å². The van der Waals surface area contributed by atoms with Gasteiger partial charge < -0.3 is 29.3 Å². The van der Waals surface area contributed by atoms with Gasteiger partial charge >= 0.3 is 0 Å². The SMILES string of the molecule is COc1ncc(N2CCOc3ccc(OC4CCN(C(=O)C5CCNC5)C4)cc32)cc1C#N. The zero-order valence-electron chi connectivity index (χ0n) is 18.6. The molecule has 2 atom stereocenters. The van der Waals surface area contributed by atoms with Crippen LogP contribution in [0.1, 0.15) is 18.4 Å². The van der Waals surface area contributed by atoms with E-state index in [4.69, 9.17) is 14.2 Å². The molecule has 2 unspecified atom stereocenters. The smallest absolute Gasteiger partial charge is 0.231 e. The number of hydrogen-bond acceptors (Lipinski definition) is 8. The fourth-order valence-corrected chi connectivity index (χ4v) is 4.71. The van der Waals surface area contributed by atoms with Crippen molar-refractivity contribution in [1.82, 2.24) is 15.2 Å². The van der Waals surface area contributed by atoms with Crippen LogP contribution in [0.4, 0.5) is 11.4 Å². The highest BCUT2D eigenvalue weighted by Gasteiger charge is 2.33. The molecule has 4 heterocycles. The molecule has 1 aromatic carbocycles. The quantitative estimate of drug-likeness (QED) is 0.741. The van der Waals surface area contributed by atoms with E-state index < -0.39 is 0 Å². The third-order valence-electron chi connectivity index (χ3n) is 6.42. The maximum atomic E-state index is 12.7.